The number of nitro benzene ring substituents is 2. The van der Waals surface area contributed by atoms with Crippen molar-refractivity contribution in [2.45, 2.75) is 23.4 Å². The predicted octanol–water partition coefficient (Wildman–Crippen LogP) is 3.02. The van der Waals surface area contributed by atoms with E-state index in [9.17, 15) is 24.4 Å². The maximum atomic E-state index is 12.5. The average Bonchev–Trinajstić information content (AvgIpc) is 3.34. The van der Waals surface area contributed by atoms with Gasteiger partial charge in [-0.15, -0.1) is 0 Å². The predicted molar refractivity (Wildman–Crippen MR) is 85.0 cm³/mol. The van der Waals surface area contributed by atoms with E-state index in [-0.39, 0.29) is 11.3 Å². The number of nitrogens with zero attached hydrogens (tertiary/aromatic N) is 2. The van der Waals surface area contributed by atoms with E-state index in [0.717, 1.165) is 11.6 Å². The van der Waals surface area contributed by atoms with Crippen LogP contribution in [-0.2, 0) is 15.5 Å². The van der Waals surface area contributed by atoms with E-state index in [1.807, 2.05) is 19.1 Å². The normalized spacial score (nSPS) is 20.4. The van der Waals surface area contributed by atoms with E-state index in [1.54, 1.807) is 12.1 Å². The van der Waals surface area contributed by atoms with Crippen LogP contribution < -0.4 is 0 Å². The van der Waals surface area contributed by atoms with Crippen molar-refractivity contribution >= 4 is 22.2 Å². The topological polar surface area (TPSA) is 116 Å². The molecule has 3 rings (SSSR count). The Morgan fingerprint density at radius 3 is 2.29 bits per heavy atom. The summed E-state index contributed by atoms with van der Waals surface area (Å²) in [6.45, 7) is 1.91. The highest BCUT2D eigenvalue weighted by Gasteiger charge is 2.48. The van der Waals surface area contributed by atoms with E-state index in [2.05, 4.69) is 0 Å². The second-order valence-electron chi connectivity index (χ2n) is 5.29. The molecule has 0 N–H and O–H groups in total. The fourth-order valence-electron chi connectivity index (χ4n) is 2.33. The van der Waals surface area contributed by atoms with Crippen LogP contribution in [0.15, 0.2) is 47.4 Å². The fourth-order valence-corrected chi connectivity index (χ4v) is 3.60. The standard InChI is InChI=1S/C15H12N2O6S/c1-9-2-5-11(6-3-9)24(22)15-14(23-15)12-7-4-10(16(18)19)8-13(12)17(20)21/h2-8,14-15H,1H3/t14-,15+,24?/m1/s1. The van der Waals surface area contributed by atoms with Crippen molar-refractivity contribution in [1.29, 1.82) is 0 Å². The molecule has 9 heteroatoms. The van der Waals surface area contributed by atoms with Gasteiger partial charge >= 0.3 is 0 Å². The summed E-state index contributed by atoms with van der Waals surface area (Å²) < 4.78 is 17.8. The van der Waals surface area contributed by atoms with Gasteiger partial charge in [0.1, 0.15) is 6.10 Å². The Morgan fingerprint density at radius 1 is 1.04 bits per heavy atom. The van der Waals surface area contributed by atoms with Crippen molar-refractivity contribution in [1.82, 2.24) is 0 Å². The van der Waals surface area contributed by atoms with Gasteiger partial charge in [0.2, 0.25) is 0 Å². The third-order valence-electron chi connectivity index (χ3n) is 3.64. The Labute approximate surface area is 138 Å². The van der Waals surface area contributed by atoms with Crippen LogP contribution in [0, 0.1) is 27.2 Å². The van der Waals surface area contributed by atoms with Crippen LogP contribution in [0.4, 0.5) is 11.4 Å². The highest BCUT2D eigenvalue weighted by molar-refractivity contribution is 7.85. The van der Waals surface area contributed by atoms with Gasteiger partial charge in [-0.2, -0.15) is 0 Å². The molecule has 1 aliphatic rings. The van der Waals surface area contributed by atoms with Crippen LogP contribution in [0.25, 0.3) is 0 Å². The summed E-state index contributed by atoms with van der Waals surface area (Å²) in [5.41, 5.74) is -0.265. The van der Waals surface area contributed by atoms with Gasteiger partial charge in [-0.1, -0.05) is 17.7 Å². The number of epoxide rings is 1. The Morgan fingerprint density at radius 2 is 1.71 bits per heavy atom. The van der Waals surface area contributed by atoms with Crippen LogP contribution in [-0.4, -0.2) is 19.5 Å². The number of hydrogen-bond acceptors (Lipinski definition) is 6. The first-order valence-corrected chi connectivity index (χ1v) is 8.15. The summed E-state index contributed by atoms with van der Waals surface area (Å²) >= 11 is 0. The molecule has 0 amide bonds. The van der Waals surface area contributed by atoms with Gasteiger partial charge in [-0.05, 0) is 25.1 Å². The average molecular weight is 348 g/mol. The molecule has 0 bridgehead atoms. The quantitative estimate of drug-likeness (QED) is 0.466. The zero-order chi connectivity index (χ0) is 17.4. The Kier molecular flexibility index (Phi) is 4.12. The lowest BCUT2D eigenvalue weighted by atomic mass is 10.1. The molecule has 1 saturated heterocycles. The number of rotatable bonds is 5. The first kappa shape index (κ1) is 16.2. The summed E-state index contributed by atoms with van der Waals surface area (Å²) in [6, 6.07) is 10.4. The van der Waals surface area contributed by atoms with Gasteiger partial charge in [0.05, 0.1) is 32.3 Å². The van der Waals surface area contributed by atoms with Crippen LogP contribution in [0.5, 0.6) is 0 Å². The maximum absolute atomic E-state index is 12.5. The number of ether oxygens (including phenoxy) is 1. The lowest BCUT2D eigenvalue weighted by Crippen LogP contribution is -2.03. The lowest BCUT2D eigenvalue weighted by Gasteiger charge is -2.01. The molecule has 0 aromatic heterocycles. The van der Waals surface area contributed by atoms with E-state index in [0.29, 0.717) is 4.90 Å². The van der Waals surface area contributed by atoms with E-state index in [1.165, 1.54) is 12.1 Å². The van der Waals surface area contributed by atoms with Gasteiger partial charge in [-0.3, -0.25) is 24.4 Å². The molecule has 3 atom stereocenters. The largest absolute Gasteiger partial charge is 0.349 e. The molecular formula is C15H12N2O6S. The Balaban J connectivity index is 1.86. The molecule has 0 saturated carbocycles. The van der Waals surface area contributed by atoms with Crippen molar-refractivity contribution in [3.63, 3.8) is 0 Å². The molecule has 0 spiro atoms. The molecular weight excluding hydrogens is 336 g/mol. The van der Waals surface area contributed by atoms with Crippen LogP contribution in [0.1, 0.15) is 17.2 Å². The minimum absolute atomic E-state index is 0.191. The summed E-state index contributed by atoms with van der Waals surface area (Å²) in [5, 5.41) is 21.9. The van der Waals surface area contributed by atoms with E-state index in [4.69, 9.17) is 4.74 Å². The molecule has 124 valence electrons. The molecule has 0 radical (unpaired) electrons. The summed E-state index contributed by atoms with van der Waals surface area (Å²) in [4.78, 5) is 21.1. The summed E-state index contributed by atoms with van der Waals surface area (Å²) in [6.07, 6.45) is -0.714. The second kappa shape index (κ2) is 6.10. The zero-order valence-corrected chi connectivity index (χ0v) is 13.3. The monoisotopic (exact) mass is 348 g/mol. The minimum Gasteiger partial charge on any atom is -0.349 e. The molecule has 24 heavy (non-hydrogen) atoms. The van der Waals surface area contributed by atoms with E-state index < -0.39 is 37.9 Å². The maximum Gasteiger partial charge on any atom is 0.282 e. The molecule has 8 nitrogen and oxygen atoms in total. The molecule has 1 heterocycles. The Bertz CT molecular complexity index is 852. The van der Waals surface area contributed by atoms with Gasteiger partial charge in [-0.25, -0.2) is 0 Å². The third kappa shape index (κ3) is 3.03. The smallest absolute Gasteiger partial charge is 0.282 e. The van der Waals surface area contributed by atoms with Gasteiger partial charge in [0, 0.05) is 11.0 Å². The molecule has 2 aromatic rings. The van der Waals surface area contributed by atoms with Crippen molar-refractivity contribution in [3.8, 4) is 0 Å². The van der Waals surface area contributed by atoms with Crippen LogP contribution >= 0.6 is 0 Å². The fraction of sp³-hybridized carbons (Fsp3) is 0.200. The first-order valence-electron chi connectivity index (χ1n) is 6.94. The number of non-ortho nitro benzene ring substituents is 1. The molecule has 1 fully saturated rings. The van der Waals surface area contributed by atoms with Crippen LogP contribution in [0.3, 0.4) is 0 Å². The van der Waals surface area contributed by atoms with Gasteiger partial charge in [0.25, 0.3) is 11.4 Å². The lowest BCUT2D eigenvalue weighted by molar-refractivity contribution is -0.394. The molecule has 0 aliphatic carbocycles. The molecule has 1 unspecified atom stereocenters. The zero-order valence-electron chi connectivity index (χ0n) is 12.4. The summed E-state index contributed by atoms with van der Waals surface area (Å²) in [7, 11) is -1.48. The van der Waals surface area contributed by atoms with Crippen molar-refractivity contribution in [2.24, 2.45) is 0 Å². The highest BCUT2D eigenvalue weighted by Crippen LogP contribution is 2.46. The third-order valence-corrected chi connectivity index (χ3v) is 5.16. The minimum atomic E-state index is -1.48. The Hall–Kier alpha value is -2.65. The second-order valence-corrected chi connectivity index (χ2v) is 6.82. The SMILES string of the molecule is Cc1ccc(S(=O)[C@@H]2O[C@@H]2c2ccc([N+](=O)[O-])cc2[N+](=O)[O-])cc1. The van der Waals surface area contributed by atoms with Gasteiger partial charge in [0.15, 0.2) is 5.44 Å². The van der Waals surface area contributed by atoms with Crippen molar-refractivity contribution in [2.75, 3.05) is 0 Å². The number of benzene rings is 2. The highest BCUT2D eigenvalue weighted by atomic mass is 32.2. The number of hydrogen-bond donors (Lipinski definition) is 0. The van der Waals surface area contributed by atoms with Gasteiger partial charge < -0.3 is 4.74 Å². The molecule has 2 aromatic carbocycles. The van der Waals surface area contributed by atoms with Crippen molar-refractivity contribution < 1.29 is 18.8 Å². The summed E-state index contributed by atoms with van der Waals surface area (Å²) in [5.74, 6) is 0. The first-order chi connectivity index (χ1) is 11.4. The molecule has 1 aliphatic heterocycles. The van der Waals surface area contributed by atoms with Crippen LogP contribution in [0.2, 0.25) is 0 Å². The van der Waals surface area contributed by atoms with E-state index >= 15 is 0 Å². The van der Waals surface area contributed by atoms with Crippen molar-refractivity contribution in [3.05, 3.63) is 73.8 Å². The number of aryl methyl sites for hydroxylation is 1. The number of nitro groups is 2.